The van der Waals surface area contributed by atoms with Crippen molar-refractivity contribution in [3.8, 4) is 0 Å². The van der Waals surface area contributed by atoms with Crippen LogP contribution in [0.1, 0.15) is 79.1 Å². The number of rotatable bonds is 6. The van der Waals surface area contributed by atoms with Gasteiger partial charge in [-0.1, -0.05) is 56.7 Å². The Balaban J connectivity index is 1.71. The normalized spacial score (nSPS) is 34.8. The van der Waals surface area contributed by atoms with E-state index in [1.54, 1.807) is 11.1 Å². The minimum Gasteiger partial charge on any atom is -0.388 e. The number of thioether (sulfide) groups is 1. The monoisotopic (exact) mass is 400 g/mol. The third kappa shape index (κ3) is 4.70. The fourth-order valence-corrected chi connectivity index (χ4v) is 6.99. The van der Waals surface area contributed by atoms with E-state index < -0.39 is 0 Å². The number of allylic oxidation sites excluding steroid dienone is 4. The summed E-state index contributed by atoms with van der Waals surface area (Å²) in [5, 5.41) is 10.7. The highest BCUT2D eigenvalue weighted by Gasteiger charge is 2.46. The van der Waals surface area contributed by atoms with Crippen LogP contribution >= 0.6 is 11.8 Å². The molecule has 0 bridgehead atoms. The summed E-state index contributed by atoms with van der Waals surface area (Å²) in [5.41, 5.74) is 5.89. The fraction of sp³-hybridized carbons (Fsp3) is 0.692. The Morgan fingerprint density at radius 2 is 2.04 bits per heavy atom. The van der Waals surface area contributed by atoms with Gasteiger partial charge in [0.2, 0.25) is 0 Å². The molecule has 3 aliphatic rings. The number of hydrogen-bond acceptors (Lipinski definition) is 2. The summed E-state index contributed by atoms with van der Waals surface area (Å²) < 4.78 is 0. The van der Waals surface area contributed by atoms with Gasteiger partial charge in [-0.3, -0.25) is 0 Å². The van der Waals surface area contributed by atoms with Gasteiger partial charge in [-0.05, 0) is 92.4 Å². The average Bonchev–Trinajstić information content (AvgIpc) is 3.00. The number of fused-ring (bicyclic) bond motifs is 1. The molecule has 2 fully saturated rings. The van der Waals surface area contributed by atoms with E-state index in [4.69, 9.17) is 0 Å². The van der Waals surface area contributed by atoms with Gasteiger partial charge in [-0.25, -0.2) is 0 Å². The van der Waals surface area contributed by atoms with Crippen molar-refractivity contribution < 1.29 is 5.11 Å². The van der Waals surface area contributed by atoms with Crippen LogP contribution in [0.25, 0.3) is 0 Å². The molecule has 0 amide bonds. The molecule has 0 aromatic carbocycles. The zero-order valence-corrected chi connectivity index (χ0v) is 19.3. The smallest absolute Gasteiger partial charge is 0.0787 e. The standard InChI is InChI=1S/C26H40OS/c1-18(2)15-17-28-20(4)23-13-14-24-22(9-7-16-26(23,24)5)12-11-21-8-6-10-25(27)19(21)3/h11-13,18,20,24-25,27H,3,6-10,14-17H2,1-2,4-5H3/b21-11-,22-12+/t20-,24?,25+,26-/m1/s1. The summed E-state index contributed by atoms with van der Waals surface area (Å²) in [6.07, 6.45) is 16.3. The van der Waals surface area contributed by atoms with Crippen molar-refractivity contribution in [3.63, 3.8) is 0 Å². The van der Waals surface area contributed by atoms with E-state index >= 15 is 0 Å². The Morgan fingerprint density at radius 1 is 1.25 bits per heavy atom. The predicted octanol–water partition coefficient (Wildman–Crippen LogP) is 7.24. The van der Waals surface area contributed by atoms with Crippen LogP contribution in [0.3, 0.4) is 0 Å². The summed E-state index contributed by atoms with van der Waals surface area (Å²) in [4.78, 5) is 0. The van der Waals surface area contributed by atoms with Crippen LogP contribution < -0.4 is 0 Å². The average molecular weight is 401 g/mol. The molecular formula is C26H40OS. The van der Waals surface area contributed by atoms with Gasteiger partial charge in [-0.15, -0.1) is 0 Å². The van der Waals surface area contributed by atoms with Crippen molar-refractivity contribution in [1.29, 1.82) is 0 Å². The molecule has 0 aliphatic heterocycles. The maximum atomic E-state index is 10.1. The lowest BCUT2D eigenvalue weighted by molar-refractivity contribution is 0.191. The zero-order chi connectivity index (χ0) is 20.3. The van der Waals surface area contributed by atoms with Crippen LogP contribution in [0.15, 0.2) is 47.1 Å². The van der Waals surface area contributed by atoms with E-state index in [0.29, 0.717) is 16.6 Å². The second-order valence-corrected chi connectivity index (χ2v) is 11.2. The Labute approximate surface area is 177 Å². The fourth-order valence-electron chi connectivity index (χ4n) is 5.49. The van der Waals surface area contributed by atoms with E-state index in [2.05, 4.69) is 64.3 Å². The molecule has 3 aliphatic carbocycles. The maximum absolute atomic E-state index is 10.1. The predicted molar refractivity (Wildman–Crippen MR) is 125 cm³/mol. The van der Waals surface area contributed by atoms with Crippen molar-refractivity contribution >= 4 is 11.8 Å². The van der Waals surface area contributed by atoms with Crippen LogP contribution in [-0.2, 0) is 0 Å². The maximum Gasteiger partial charge on any atom is 0.0787 e. The molecule has 3 rings (SSSR count). The van der Waals surface area contributed by atoms with Crippen molar-refractivity contribution in [2.24, 2.45) is 17.3 Å². The van der Waals surface area contributed by atoms with Crippen molar-refractivity contribution in [2.45, 2.75) is 90.4 Å². The molecule has 2 heteroatoms. The van der Waals surface area contributed by atoms with E-state index in [1.807, 2.05) is 0 Å². The highest BCUT2D eigenvalue weighted by atomic mass is 32.2. The highest BCUT2D eigenvalue weighted by Crippen LogP contribution is 2.56. The zero-order valence-electron chi connectivity index (χ0n) is 18.5. The van der Waals surface area contributed by atoms with Crippen LogP contribution in [0, 0.1) is 17.3 Å². The molecular weight excluding hydrogens is 360 g/mol. The SMILES string of the molecule is C=C1/C(=C\C=C2/CCC[C@]3(C)C([C@@H](C)SCCC(C)C)=CCC23)CCC[C@@H]1O. The molecule has 1 unspecified atom stereocenters. The first-order valence-electron chi connectivity index (χ1n) is 11.4. The van der Waals surface area contributed by atoms with E-state index in [9.17, 15) is 5.11 Å². The minimum atomic E-state index is -0.335. The summed E-state index contributed by atoms with van der Waals surface area (Å²) in [7, 11) is 0. The second kappa shape index (κ2) is 9.39. The molecule has 0 saturated heterocycles. The summed E-state index contributed by atoms with van der Waals surface area (Å²) >= 11 is 2.16. The van der Waals surface area contributed by atoms with Crippen LogP contribution in [-0.4, -0.2) is 22.2 Å². The molecule has 0 aromatic heterocycles. The Morgan fingerprint density at radius 3 is 2.79 bits per heavy atom. The van der Waals surface area contributed by atoms with E-state index in [1.165, 1.54) is 43.4 Å². The van der Waals surface area contributed by atoms with E-state index in [0.717, 1.165) is 30.8 Å². The lowest BCUT2D eigenvalue weighted by Gasteiger charge is -2.42. The van der Waals surface area contributed by atoms with Crippen LogP contribution in [0.4, 0.5) is 0 Å². The molecule has 1 nitrogen and oxygen atoms in total. The molecule has 2 saturated carbocycles. The first-order chi connectivity index (χ1) is 13.3. The minimum absolute atomic E-state index is 0.335. The van der Waals surface area contributed by atoms with Crippen LogP contribution in [0.2, 0.25) is 0 Å². The Kier molecular flexibility index (Phi) is 7.37. The third-order valence-electron chi connectivity index (χ3n) is 7.35. The Hall–Kier alpha value is -0.730. The molecule has 0 heterocycles. The number of aliphatic hydroxyl groups is 1. The van der Waals surface area contributed by atoms with Crippen molar-refractivity contribution in [3.05, 3.63) is 47.1 Å². The molecule has 28 heavy (non-hydrogen) atoms. The summed E-state index contributed by atoms with van der Waals surface area (Å²) in [6, 6.07) is 0. The number of hydrogen-bond donors (Lipinski definition) is 1. The van der Waals surface area contributed by atoms with Crippen molar-refractivity contribution in [1.82, 2.24) is 0 Å². The van der Waals surface area contributed by atoms with Gasteiger partial charge >= 0.3 is 0 Å². The molecule has 1 N–H and O–H groups in total. The third-order valence-corrected chi connectivity index (χ3v) is 8.57. The molecule has 0 radical (unpaired) electrons. The second-order valence-electron chi connectivity index (χ2n) is 9.78. The topological polar surface area (TPSA) is 20.2 Å². The molecule has 0 aromatic rings. The van der Waals surface area contributed by atoms with E-state index in [-0.39, 0.29) is 6.10 Å². The quantitative estimate of drug-likeness (QED) is 0.474. The van der Waals surface area contributed by atoms with Gasteiger partial charge in [0.15, 0.2) is 0 Å². The molecule has 156 valence electrons. The summed E-state index contributed by atoms with van der Waals surface area (Å²) in [6.45, 7) is 13.7. The molecule has 4 atom stereocenters. The van der Waals surface area contributed by atoms with Gasteiger partial charge in [0.1, 0.15) is 0 Å². The Bertz CT molecular complexity index is 668. The highest BCUT2D eigenvalue weighted by molar-refractivity contribution is 8.00. The van der Waals surface area contributed by atoms with Crippen LogP contribution in [0.5, 0.6) is 0 Å². The van der Waals surface area contributed by atoms with Gasteiger partial charge < -0.3 is 5.11 Å². The van der Waals surface area contributed by atoms with Gasteiger partial charge in [0.05, 0.1) is 6.10 Å². The number of aliphatic hydroxyl groups excluding tert-OH is 1. The first-order valence-corrected chi connectivity index (χ1v) is 12.5. The molecule has 0 spiro atoms. The van der Waals surface area contributed by atoms with Gasteiger partial charge in [-0.2, -0.15) is 11.8 Å². The van der Waals surface area contributed by atoms with Gasteiger partial charge in [0.25, 0.3) is 0 Å². The first kappa shape index (κ1) is 22.0. The summed E-state index contributed by atoms with van der Waals surface area (Å²) in [5.74, 6) is 2.74. The van der Waals surface area contributed by atoms with Gasteiger partial charge in [0, 0.05) is 5.25 Å². The lowest BCUT2D eigenvalue weighted by atomic mass is 9.64. The lowest BCUT2D eigenvalue weighted by Crippen LogP contribution is -2.33. The van der Waals surface area contributed by atoms with Crippen molar-refractivity contribution in [2.75, 3.05) is 5.75 Å². The largest absolute Gasteiger partial charge is 0.388 e.